The maximum atomic E-state index is 14.3. The van der Waals surface area contributed by atoms with Crippen molar-refractivity contribution in [2.45, 2.75) is 82.8 Å². The molecule has 52 heavy (non-hydrogen) atoms. The monoisotopic (exact) mass is 746 g/mol. The van der Waals surface area contributed by atoms with Crippen molar-refractivity contribution in [1.29, 1.82) is 0 Å². The molecule has 11 nitrogen and oxygen atoms in total. The number of ether oxygens (including phenoxy) is 1. The molecule has 15 heteroatoms. The Morgan fingerprint density at radius 2 is 1.58 bits per heavy atom. The smallest absolute Gasteiger partial charge is 0.475 e. The lowest BCUT2D eigenvalue weighted by atomic mass is 9.76. The minimum absolute atomic E-state index is 0.0665. The number of nitrogens with two attached hydrogens (primary N) is 1. The highest BCUT2D eigenvalue weighted by atomic mass is 32.2. The molecule has 282 valence electrons. The van der Waals surface area contributed by atoms with Gasteiger partial charge in [0.15, 0.2) is 0 Å². The molecule has 3 aromatic carbocycles. The van der Waals surface area contributed by atoms with Crippen LogP contribution in [0.5, 0.6) is 0 Å². The summed E-state index contributed by atoms with van der Waals surface area (Å²) in [6, 6.07) is 22.0. The van der Waals surface area contributed by atoms with Gasteiger partial charge in [-0.3, -0.25) is 9.59 Å². The Morgan fingerprint density at radius 3 is 2.17 bits per heavy atom. The number of fused-ring (bicyclic) bond motifs is 1. The average Bonchev–Trinajstić information content (AvgIpc) is 3.30. The molecule has 1 aliphatic carbocycles. The number of nitrogens with zero attached hydrogens (tertiary/aromatic N) is 1. The number of hydrogen-bond acceptors (Lipinski definition) is 7. The van der Waals surface area contributed by atoms with Gasteiger partial charge in [0.25, 0.3) is 0 Å². The van der Waals surface area contributed by atoms with E-state index in [1.807, 2.05) is 79.7 Å². The average molecular weight is 747 g/mol. The molecule has 0 radical (unpaired) electrons. The molecule has 0 bridgehead atoms. The van der Waals surface area contributed by atoms with Gasteiger partial charge in [-0.25, -0.2) is 17.9 Å². The first-order chi connectivity index (χ1) is 24.4. The molecule has 3 aromatic rings. The van der Waals surface area contributed by atoms with Gasteiger partial charge in [-0.2, -0.15) is 13.2 Å². The number of nitrogens with one attached hydrogen (secondary N) is 2. The van der Waals surface area contributed by atoms with Crippen LogP contribution in [0.2, 0.25) is 0 Å². The van der Waals surface area contributed by atoms with Crippen LogP contribution in [-0.2, 0) is 35.8 Å². The van der Waals surface area contributed by atoms with E-state index in [2.05, 4.69) is 10.0 Å². The zero-order valence-corrected chi connectivity index (χ0v) is 30.1. The summed E-state index contributed by atoms with van der Waals surface area (Å²) in [4.78, 5) is 38.0. The van der Waals surface area contributed by atoms with Crippen molar-refractivity contribution < 1.29 is 45.8 Å². The Labute approximate surface area is 301 Å². The van der Waals surface area contributed by atoms with Crippen LogP contribution in [0.1, 0.15) is 64.0 Å². The normalized spacial score (nSPS) is 17.3. The molecule has 5 rings (SSSR count). The van der Waals surface area contributed by atoms with Gasteiger partial charge in [0.05, 0.1) is 29.2 Å². The molecule has 0 unspecified atom stereocenters. The third-order valence-corrected chi connectivity index (χ3v) is 10.7. The van der Waals surface area contributed by atoms with Crippen LogP contribution in [0.25, 0.3) is 15.7 Å². The molecule has 1 aliphatic heterocycles. The van der Waals surface area contributed by atoms with Crippen LogP contribution in [-0.4, -0.2) is 79.2 Å². The Hall–Kier alpha value is -4.31. The van der Waals surface area contributed by atoms with Crippen LogP contribution in [0.3, 0.4) is 0 Å². The molecule has 1 atom stereocenters. The van der Waals surface area contributed by atoms with Crippen molar-refractivity contribution in [3.05, 3.63) is 89.5 Å². The van der Waals surface area contributed by atoms with Gasteiger partial charge in [-0.15, -0.1) is 0 Å². The number of carbonyl (C=O) groups is 3. The molecular formula is C37H45F3N4O7S. The van der Waals surface area contributed by atoms with Gasteiger partial charge in [0.1, 0.15) is 6.04 Å². The number of hydrogen-bond donors (Lipinski definition) is 4. The Morgan fingerprint density at radius 1 is 0.981 bits per heavy atom. The first kappa shape index (κ1) is 40.5. The quantitative estimate of drug-likeness (QED) is 0.210. The van der Waals surface area contributed by atoms with E-state index in [0.29, 0.717) is 30.5 Å². The number of likely N-dealkylation sites (N-methyl/N-ethyl adjacent to an activating group) is 1. The van der Waals surface area contributed by atoms with E-state index in [0.717, 1.165) is 35.6 Å². The number of carboxylic acid groups (broad SMARTS) is 1. The molecule has 1 heterocycles. The van der Waals surface area contributed by atoms with E-state index in [1.165, 1.54) is 0 Å². The van der Waals surface area contributed by atoms with Crippen LogP contribution in [0, 0.1) is 0 Å². The molecule has 1 saturated carbocycles. The SMILES string of the molecule is CCN(CC1=C(c2cccc3ccccc23)S(=O)(=O)NC12CCCCC2)C(=O)[C@@H](COCc1ccccc1)NC(=O)C(C)(C)N.O=C(O)C(F)(F)F. The third kappa shape index (κ3) is 9.76. The number of halogens is 3. The largest absolute Gasteiger partial charge is 0.490 e. The highest BCUT2D eigenvalue weighted by molar-refractivity contribution is 7.99. The van der Waals surface area contributed by atoms with Crippen LogP contribution < -0.4 is 15.8 Å². The van der Waals surface area contributed by atoms with Crippen molar-refractivity contribution in [2.75, 3.05) is 19.7 Å². The van der Waals surface area contributed by atoms with E-state index in [4.69, 9.17) is 20.4 Å². The summed E-state index contributed by atoms with van der Waals surface area (Å²) in [7, 11) is -3.89. The maximum absolute atomic E-state index is 14.3. The molecule has 0 aromatic heterocycles. The summed E-state index contributed by atoms with van der Waals surface area (Å²) in [5.41, 5.74) is 6.35. The molecule has 1 spiro atoms. The number of sulfonamides is 1. The summed E-state index contributed by atoms with van der Waals surface area (Å²) in [5.74, 6) is -3.60. The topological polar surface area (TPSA) is 168 Å². The molecular weight excluding hydrogens is 701 g/mol. The second kappa shape index (κ2) is 16.6. The number of carboxylic acids is 1. The van der Waals surface area contributed by atoms with Crippen LogP contribution in [0.4, 0.5) is 13.2 Å². The standard InChI is InChI=1S/C35H44N4O5S.C2HF3O2/c1-4-39(32(40)30(37-33(41)34(2,3)36)24-44-23-25-14-7-5-8-15-25)22-29-31(28-19-13-17-26-16-9-10-18-27(26)28)45(42,43)38-35(29)20-11-6-12-21-35;3-2(4,5)1(6)7/h5,7-10,13-19,30,38H,4,6,11-12,20-24,36H2,1-3H3,(H,37,41);(H,6,7)/t30-;/m1./s1. The predicted molar refractivity (Wildman–Crippen MR) is 191 cm³/mol. The number of rotatable bonds is 11. The third-order valence-electron chi connectivity index (χ3n) is 9.06. The fraction of sp³-hybridized carbons (Fsp3) is 0.432. The number of amides is 2. The lowest BCUT2D eigenvalue weighted by Crippen LogP contribution is -2.58. The molecule has 2 aliphatic rings. The van der Waals surface area contributed by atoms with Crippen LogP contribution in [0.15, 0.2) is 78.4 Å². The maximum Gasteiger partial charge on any atom is 0.490 e. The first-order valence-corrected chi connectivity index (χ1v) is 18.4. The number of benzene rings is 3. The van der Waals surface area contributed by atoms with Gasteiger partial charge in [-0.1, -0.05) is 92.1 Å². The van der Waals surface area contributed by atoms with E-state index in [1.54, 1.807) is 18.7 Å². The summed E-state index contributed by atoms with van der Waals surface area (Å²) >= 11 is 0. The fourth-order valence-electron chi connectivity index (χ4n) is 6.41. The Balaban J connectivity index is 0.000000785. The second-order valence-corrected chi connectivity index (χ2v) is 15.1. The fourth-order valence-corrected chi connectivity index (χ4v) is 8.40. The molecule has 0 saturated heterocycles. The summed E-state index contributed by atoms with van der Waals surface area (Å²) in [6.45, 7) is 5.61. The summed E-state index contributed by atoms with van der Waals surface area (Å²) in [6.07, 6.45) is -0.982. The summed E-state index contributed by atoms with van der Waals surface area (Å²) in [5, 5.41) is 11.7. The number of carbonyl (C=O) groups excluding carboxylic acids is 2. The van der Waals surface area contributed by atoms with E-state index in [-0.39, 0.29) is 30.6 Å². The van der Waals surface area contributed by atoms with Crippen molar-refractivity contribution in [1.82, 2.24) is 14.9 Å². The highest BCUT2D eigenvalue weighted by Gasteiger charge is 2.50. The van der Waals surface area contributed by atoms with E-state index >= 15 is 0 Å². The van der Waals surface area contributed by atoms with Crippen molar-refractivity contribution >= 4 is 43.5 Å². The second-order valence-electron chi connectivity index (χ2n) is 13.5. The zero-order chi connectivity index (χ0) is 38.3. The van der Waals surface area contributed by atoms with Crippen molar-refractivity contribution in [3.8, 4) is 0 Å². The lowest BCUT2D eigenvalue weighted by Gasteiger charge is -2.38. The lowest BCUT2D eigenvalue weighted by molar-refractivity contribution is -0.192. The Kier molecular flexibility index (Phi) is 12.9. The van der Waals surface area contributed by atoms with E-state index in [9.17, 15) is 31.2 Å². The number of aliphatic carboxylic acids is 1. The van der Waals surface area contributed by atoms with E-state index < -0.39 is 45.2 Å². The molecule has 5 N–H and O–H groups in total. The molecule has 2 amide bonds. The predicted octanol–water partition coefficient (Wildman–Crippen LogP) is 5.11. The highest BCUT2D eigenvalue weighted by Crippen LogP contribution is 2.47. The first-order valence-electron chi connectivity index (χ1n) is 17.0. The minimum Gasteiger partial charge on any atom is -0.475 e. The van der Waals surface area contributed by atoms with Crippen LogP contribution >= 0.6 is 0 Å². The van der Waals surface area contributed by atoms with Gasteiger partial charge >= 0.3 is 12.1 Å². The Bertz CT molecular complexity index is 1880. The summed E-state index contributed by atoms with van der Waals surface area (Å²) < 4.78 is 68.8. The van der Waals surface area contributed by atoms with Gasteiger partial charge in [-0.05, 0) is 55.5 Å². The van der Waals surface area contributed by atoms with Gasteiger partial charge in [0.2, 0.25) is 21.8 Å². The number of alkyl halides is 3. The van der Waals surface area contributed by atoms with Gasteiger partial charge < -0.3 is 25.8 Å². The molecule has 1 fully saturated rings. The minimum atomic E-state index is -5.08. The van der Waals surface area contributed by atoms with Crippen molar-refractivity contribution in [3.63, 3.8) is 0 Å². The van der Waals surface area contributed by atoms with Gasteiger partial charge in [0, 0.05) is 18.7 Å². The van der Waals surface area contributed by atoms with Crippen molar-refractivity contribution in [2.24, 2.45) is 5.73 Å². The zero-order valence-electron chi connectivity index (χ0n) is 29.3.